The molecule has 10 aromatic carbocycles. The fourth-order valence-electron chi connectivity index (χ4n) is 10.3. The van der Waals surface area contributed by atoms with Crippen LogP contribution in [0.4, 0.5) is 0 Å². The molecule has 2 heteroatoms. The van der Waals surface area contributed by atoms with E-state index >= 15 is 0 Å². The molecule has 0 amide bonds. The van der Waals surface area contributed by atoms with Crippen LogP contribution in [-0.4, -0.2) is 0 Å². The third kappa shape index (κ3) is 3.93. The van der Waals surface area contributed by atoms with E-state index in [1.54, 1.807) is 0 Å². The highest BCUT2D eigenvalue weighted by atomic mass is 14.3. The van der Waals surface area contributed by atoms with Gasteiger partial charge in [0.2, 0.25) is 0 Å². The normalized spacial score (nSPS) is 12.1. The van der Waals surface area contributed by atoms with Gasteiger partial charge in [0.1, 0.15) is 0 Å². The van der Waals surface area contributed by atoms with Crippen LogP contribution < -0.4 is 0 Å². The van der Waals surface area contributed by atoms with Gasteiger partial charge in [-0.15, -0.1) is 0 Å². The minimum absolute atomic E-state index is 0.670. The van der Waals surface area contributed by atoms with Crippen LogP contribution in [0, 0.1) is 36.5 Å². The molecule has 0 unspecified atom stereocenters. The molecule has 0 heterocycles. The number of benzene rings is 10. The van der Waals surface area contributed by atoms with Crippen LogP contribution >= 0.6 is 0 Å². The van der Waals surface area contributed by atoms with Crippen LogP contribution in [-0.2, 0) is 0 Å². The maximum Gasteiger partial charge on any atom is 0.0991 e. The molecule has 0 aromatic heterocycles. The fourth-order valence-corrected chi connectivity index (χ4v) is 10.3. The molecule has 0 spiro atoms. The molecule has 0 saturated carbocycles. The lowest BCUT2D eigenvalue weighted by Crippen LogP contribution is -1.94. The van der Waals surface area contributed by atoms with Crippen molar-refractivity contribution in [2.24, 2.45) is 0 Å². The van der Waals surface area contributed by atoms with Crippen LogP contribution in [0.3, 0.4) is 0 Å². The molecule has 0 saturated heterocycles. The molecule has 2 aliphatic rings. The summed E-state index contributed by atoms with van der Waals surface area (Å²) in [5.41, 5.74) is 18.3. The van der Waals surface area contributed by atoms with Gasteiger partial charge in [-0.2, -0.15) is 10.5 Å². The number of nitrogens with zero attached hydrogens (tertiary/aromatic N) is 2. The molecule has 0 atom stereocenters. The highest BCUT2D eigenvalue weighted by molar-refractivity contribution is 6.30. The zero-order chi connectivity index (χ0) is 37.4. The summed E-state index contributed by atoms with van der Waals surface area (Å²) in [4.78, 5) is 0. The molecule has 56 heavy (non-hydrogen) atoms. The van der Waals surface area contributed by atoms with Gasteiger partial charge in [-0.05, 0) is 182 Å². The van der Waals surface area contributed by atoms with E-state index < -0.39 is 0 Å². The first kappa shape index (κ1) is 30.9. The number of nitriles is 2. The van der Waals surface area contributed by atoms with E-state index in [0.717, 1.165) is 22.3 Å². The number of hydrogen-bond donors (Lipinski definition) is 0. The molecular weight excluding hydrogens is 677 g/mol. The molecule has 10 aromatic rings. The Hall–Kier alpha value is -7.52. The summed E-state index contributed by atoms with van der Waals surface area (Å²) in [6.45, 7) is 4.26. The van der Waals surface area contributed by atoms with Crippen LogP contribution in [0.25, 0.3) is 121 Å². The van der Waals surface area contributed by atoms with E-state index in [4.69, 9.17) is 0 Å². The highest BCUT2D eigenvalue weighted by Gasteiger charge is 2.30. The number of fused-ring (bicyclic) bond motifs is 11. The van der Waals surface area contributed by atoms with Gasteiger partial charge in [-0.1, -0.05) is 109 Å². The maximum atomic E-state index is 9.79. The van der Waals surface area contributed by atoms with Crippen molar-refractivity contribution in [1.82, 2.24) is 0 Å². The van der Waals surface area contributed by atoms with Gasteiger partial charge in [-0.25, -0.2) is 0 Å². The molecule has 2 aliphatic carbocycles. The Kier molecular flexibility index (Phi) is 6.08. The summed E-state index contributed by atoms with van der Waals surface area (Å²) in [6.07, 6.45) is 0. The Bertz CT molecular complexity index is 3320. The minimum Gasteiger partial charge on any atom is -0.192 e. The van der Waals surface area contributed by atoms with Crippen LogP contribution in [0.2, 0.25) is 0 Å². The average molecular weight is 707 g/mol. The second-order valence-corrected chi connectivity index (χ2v) is 15.5. The van der Waals surface area contributed by atoms with E-state index in [2.05, 4.69) is 147 Å². The smallest absolute Gasteiger partial charge is 0.0991 e. The van der Waals surface area contributed by atoms with Crippen molar-refractivity contribution in [2.75, 3.05) is 0 Å². The summed E-state index contributed by atoms with van der Waals surface area (Å²) < 4.78 is 0. The third-order valence-electron chi connectivity index (χ3n) is 12.6. The second-order valence-electron chi connectivity index (χ2n) is 15.5. The van der Waals surface area contributed by atoms with Gasteiger partial charge in [0.05, 0.1) is 23.3 Å². The molecule has 0 fully saturated rings. The predicted molar refractivity (Wildman–Crippen MR) is 233 cm³/mol. The first-order valence-electron chi connectivity index (χ1n) is 19.1. The Balaban J connectivity index is 1.24. The summed E-state index contributed by atoms with van der Waals surface area (Å²) in [5.74, 6) is 0. The summed E-state index contributed by atoms with van der Waals surface area (Å²) in [6, 6.07) is 57.8. The molecule has 0 radical (unpaired) electrons. The summed E-state index contributed by atoms with van der Waals surface area (Å²) >= 11 is 0. The molecule has 0 aliphatic heterocycles. The SMILES string of the molecule is Cc1cc(C#N)ccc1-c1c2c(cc3c1ccc1c4cc5c(c(-c6ccc(C#N)cc6C)c4ccc31)-c1cccc3cccc-5c13)-c1cccc3cccc-2c13. The lowest BCUT2D eigenvalue weighted by Gasteiger charge is -2.20. The number of hydrogen-bond acceptors (Lipinski definition) is 2. The lowest BCUT2D eigenvalue weighted by molar-refractivity contribution is 1.42. The number of rotatable bonds is 2. The van der Waals surface area contributed by atoms with Crippen molar-refractivity contribution in [1.29, 1.82) is 10.5 Å². The Labute approximate surface area is 323 Å². The summed E-state index contributed by atoms with van der Waals surface area (Å²) in [5, 5.41) is 31.9. The van der Waals surface area contributed by atoms with Crippen molar-refractivity contribution < 1.29 is 0 Å². The molecular formula is C54H30N2. The second kappa shape index (κ2) is 11.0. The van der Waals surface area contributed by atoms with Gasteiger partial charge in [-0.3, -0.25) is 0 Å². The maximum absolute atomic E-state index is 9.79. The van der Waals surface area contributed by atoms with Gasteiger partial charge in [0.25, 0.3) is 0 Å². The topological polar surface area (TPSA) is 47.6 Å². The number of aryl methyl sites for hydroxylation is 2. The third-order valence-corrected chi connectivity index (χ3v) is 12.6. The Morgan fingerprint density at radius 1 is 0.321 bits per heavy atom. The standard InChI is InChI=1S/C54H30N2/c1-29-23-31(27-55)15-17-35(29)51-41-21-19-38-37(45(41)25-47-39-11-3-7-33-9-5-13-43(49(33)39)53(47)51)20-22-42-46(38)26-48-40-12-4-8-34-10-6-14-44(50(34)40)54(48)52(42)36-18-16-32(28-56)24-30(36)2/h3-26H,1-2H3. The van der Waals surface area contributed by atoms with E-state index in [-0.39, 0.29) is 0 Å². The lowest BCUT2D eigenvalue weighted by atomic mass is 9.82. The van der Waals surface area contributed by atoms with E-state index in [1.165, 1.54) is 109 Å². The van der Waals surface area contributed by atoms with Crippen LogP contribution in [0.1, 0.15) is 22.3 Å². The molecule has 2 nitrogen and oxygen atoms in total. The largest absolute Gasteiger partial charge is 0.192 e. The van der Waals surface area contributed by atoms with E-state index in [9.17, 15) is 10.5 Å². The zero-order valence-corrected chi connectivity index (χ0v) is 30.8. The fraction of sp³-hybridized carbons (Fsp3) is 0.0370. The first-order chi connectivity index (χ1) is 27.5. The zero-order valence-electron chi connectivity index (χ0n) is 30.8. The Morgan fingerprint density at radius 3 is 1.11 bits per heavy atom. The van der Waals surface area contributed by atoms with Crippen molar-refractivity contribution in [2.45, 2.75) is 13.8 Å². The van der Waals surface area contributed by atoms with E-state index in [1.807, 2.05) is 24.3 Å². The van der Waals surface area contributed by atoms with Crippen molar-refractivity contribution in [3.63, 3.8) is 0 Å². The molecule has 12 rings (SSSR count). The van der Waals surface area contributed by atoms with Crippen LogP contribution in [0.15, 0.2) is 146 Å². The summed E-state index contributed by atoms with van der Waals surface area (Å²) in [7, 11) is 0. The van der Waals surface area contributed by atoms with Crippen molar-refractivity contribution >= 4 is 53.9 Å². The van der Waals surface area contributed by atoms with Crippen LogP contribution in [0.5, 0.6) is 0 Å². The Morgan fingerprint density at radius 2 is 0.714 bits per heavy atom. The molecule has 0 N–H and O–H groups in total. The van der Waals surface area contributed by atoms with Crippen molar-refractivity contribution in [3.8, 4) is 78.9 Å². The van der Waals surface area contributed by atoms with Gasteiger partial charge < -0.3 is 0 Å². The first-order valence-corrected chi connectivity index (χ1v) is 19.1. The van der Waals surface area contributed by atoms with Gasteiger partial charge >= 0.3 is 0 Å². The van der Waals surface area contributed by atoms with Crippen molar-refractivity contribution in [3.05, 3.63) is 168 Å². The minimum atomic E-state index is 0.670. The average Bonchev–Trinajstić information content (AvgIpc) is 3.73. The molecule has 0 bridgehead atoms. The van der Waals surface area contributed by atoms with Gasteiger partial charge in [0.15, 0.2) is 0 Å². The highest BCUT2D eigenvalue weighted by Crippen LogP contribution is 2.57. The monoisotopic (exact) mass is 706 g/mol. The van der Waals surface area contributed by atoms with Gasteiger partial charge in [0, 0.05) is 0 Å². The quantitative estimate of drug-likeness (QED) is 0.168. The molecule has 256 valence electrons. The van der Waals surface area contributed by atoms with E-state index in [0.29, 0.717) is 11.1 Å². The predicted octanol–water partition coefficient (Wildman–Crippen LogP) is 14.4.